The van der Waals surface area contributed by atoms with Crippen molar-refractivity contribution in [2.24, 2.45) is 0 Å². The van der Waals surface area contributed by atoms with Gasteiger partial charge >= 0.3 is 5.69 Å². The number of carbonyl (C=O) groups excluding carboxylic acids is 1. The van der Waals surface area contributed by atoms with Gasteiger partial charge in [-0.15, -0.1) is 5.10 Å². The first kappa shape index (κ1) is 17.9. The number of halogens is 2. The van der Waals surface area contributed by atoms with E-state index >= 15 is 0 Å². The largest absolute Gasteiger partial charge is 0.367 e. The number of amides is 1. The zero-order chi connectivity index (χ0) is 19.7. The van der Waals surface area contributed by atoms with Crippen molar-refractivity contribution in [3.63, 3.8) is 0 Å². The maximum Gasteiger partial charge on any atom is 0.367 e. The van der Waals surface area contributed by atoms with Crippen LogP contribution in [0.2, 0.25) is 5.02 Å². The average Bonchev–Trinajstić information content (AvgIpc) is 3.00. The molecule has 1 N–H and O–H groups in total. The molecule has 2 heterocycles. The van der Waals surface area contributed by atoms with Gasteiger partial charge in [0.15, 0.2) is 5.65 Å². The first-order valence-electron chi connectivity index (χ1n) is 8.28. The smallest absolute Gasteiger partial charge is 0.324 e. The summed E-state index contributed by atoms with van der Waals surface area (Å²) in [5.41, 5.74) is 1.57. The molecule has 1 amide bonds. The highest BCUT2D eigenvalue weighted by Gasteiger charge is 2.13. The fourth-order valence-corrected chi connectivity index (χ4v) is 2.87. The van der Waals surface area contributed by atoms with Crippen LogP contribution in [-0.2, 0) is 11.3 Å². The minimum Gasteiger partial charge on any atom is -0.324 e. The molecule has 9 heteroatoms. The lowest BCUT2D eigenvalue weighted by molar-refractivity contribution is -0.117. The van der Waals surface area contributed by atoms with E-state index in [0.29, 0.717) is 17.0 Å². The van der Waals surface area contributed by atoms with Crippen LogP contribution in [0.1, 0.15) is 0 Å². The van der Waals surface area contributed by atoms with Crippen LogP contribution in [0.25, 0.3) is 16.9 Å². The van der Waals surface area contributed by atoms with E-state index in [1.807, 2.05) is 30.3 Å². The Labute approximate surface area is 163 Å². The summed E-state index contributed by atoms with van der Waals surface area (Å²) in [5, 5.41) is 10.9. The van der Waals surface area contributed by atoms with Gasteiger partial charge in [-0.05, 0) is 30.3 Å². The molecule has 0 saturated carbocycles. The van der Waals surface area contributed by atoms with Crippen LogP contribution in [0.5, 0.6) is 0 Å². The number of nitrogens with zero attached hydrogens (tertiary/aromatic N) is 4. The number of hydrogen-bond donors (Lipinski definition) is 1. The number of benzene rings is 2. The molecule has 0 atom stereocenters. The van der Waals surface area contributed by atoms with E-state index in [9.17, 15) is 14.0 Å². The van der Waals surface area contributed by atoms with Gasteiger partial charge in [-0.1, -0.05) is 41.9 Å². The number of carbonyl (C=O) groups is 1. The molecule has 0 radical (unpaired) electrons. The van der Waals surface area contributed by atoms with E-state index in [1.165, 1.54) is 12.1 Å². The van der Waals surface area contributed by atoms with Crippen molar-refractivity contribution in [3.05, 3.63) is 82.0 Å². The van der Waals surface area contributed by atoms with Crippen molar-refractivity contribution in [2.45, 2.75) is 6.54 Å². The Balaban J connectivity index is 1.58. The minimum absolute atomic E-state index is 0.111. The second-order valence-corrected chi connectivity index (χ2v) is 6.38. The first-order chi connectivity index (χ1) is 13.5. The van der Waals surface area contributed by atoms with Gasteiger partial charge in [0.2, 0.25) is 5.91 Å². The fraction of sp³-hybridized carbons (Fsp3) is 0.0526. The van der Waals surface area contributed by atoms with Gasteiger partial charge in [-0.2, -0.15) is 9.61 Å². The number of nitrogens with one attached hydrogen (secondary N) is 1. The lowest BCUT2D eigenvalue weighted by Crippen LogP contribution is -2.28. The molecule has 4 aromatic rings. The molecule has 0 aliphatic rings. The predicted molar refractivity (Wildman–Crippen MR) is 103 cm³/mol. The van der Waals surface area contributed by atoms with Crippen LogP contribution in [-0.4, -0.2) is 25.3 Å². The molecule has 0 unspecified atom stereocenters. The van der Waals surface area contributed by atoms with Gasteiger partial charge in [0, 0.05) is 11.3 Å². The van der Waals surface area contributed by atoms with Crippen LogP contribution >= 0.6 is 11.6 Å². The second kappa shape index (κ2) is 7.24. The Bertz CT molecular complexity index is 1240. The second-order valence-electron chi connectivity index (χ2n) is 5.97. The lowest BCUT2D eigenvalue weighted by Gasteiger charge is -2.05. The highest BCUT2D eigenvalue weighted by Crippen LogP contribution is 2.19. The topological polar surface area (TPSA) is 81.3 Å². The SMILES string of the molecule is O=C(Cn1nc2ccc(-c3ccccc3)nn2c1=O)Nc1ccc(F)c(Cl)c1. The molecule has 0 bridgehead atoms. The molecular formula is C19H13ClFN5O2. The summed E-state index contributed by atoms with van der Waals surface area (Å²) in [6.07, 6.45) is 0. The molecule has 0 aliphatic heterocycles. The average molecular weight is 398 g/mol. The molecule has 0 saturated heterocycles. The molecular weight excluding hydrogens is 385 g/mol. The number of rotatable bonds is 4. The van der Waals surface area contributed by atoms with Gasteiger partial charge < -0.3 is 5.32 Å². The van der Waals surface area contributed by atoms with Crippen molar-refractivity contribution in [3.8, 4) is 11.3 Å². The predicted octanol–water partition coefficient (Wildman–Crippen LogP) is 2.99. The summed E-state index contributed by atoms with van der Waals surface area (Å²) in [6.45, 7) is -0.322. The van der Waals surface area contributed by atoms with E-state index in [2.05, 4.69) is 15.5 Å². The van der Waals surface area contributed by atoms with Crippen LogP contribution in [0.15, 0.2) is 65.5 Å². The van der Waals surface area contributed by atoms with E-state index < -0.39 is 17.4 Å². The maximum atomic E-state index is 13.2. The third-order valence-corrected chi connectivity index (χ3v) is 4.30. The number of fused-ring (bicyclic) bond motifs is 1. The molecule has 2 aromatic carbocycles. The Hall–Kier alpha value is -3.52. The molecule has 28 heavy (non-hydrogen) atoms. The van der Waals surface area contributed by atoms with Crippen LogP contribution < -0.4 is 11.0 Å². The standard InChI is InChI=1S/C19H13ClFN5O2/c20-14-10-13(6-7-15(14)21)22-18(27)11-25-19(28)26-17(24-25)9-8-16(23-26)12-4-2-1-3-5-12/h1-10H,11H2,(H,22,27). The van der Waals surface area contributed by atoms with Crippen LogP contribution in [0.3, 0.4) is 0 Å². The molecule has 0 spiro atoms. The third-order valence-electron chi connectivity index (χ3n) is 4.01. The normalized spacial score (nSPS) is 10.9. The molecule has 0 fully saturated rings. The van der Waals surface area contributed by atoms with Gasteiger partial charge in [0.05, 0.1) is 10.7 Å². The van der Waals surface area contributed by atoms with Gasteiger partial charge in [-0.3, -0.25) is 4.79 Å². The Morgan fingerprint density at radius 2 is 1.86 bits per heavy atom. The summed E-state index contributed by atoms with van der Waals surface area (Å²) < 4.78 is 15.4. The van der Waals surface area contributed by atoms with Crippen LogP contribution in [0.4, 0.5) is 10.1 Å². The third kappa shape index (κ3) is 3.49. The zero-order valence-corrected chi connectivity index (χ0v) is 15.1. The van der Waals surface area contributed by atoms with Crippen molar-refractivity contribution in [1.82, 2.24) is 19.4 Å². The number of anilines is 1. The molecule has 140 valence electrons. The van der Waals surface area contributed by atoms with Crippen molar-refractivity contribution < 1.29 is 9.18 Å². The van der Waals surface area contributed by atoms with Crippen molar-refractivity contribution >= 4 is 28.8 Å². The monoisotopic (exact) mass is 397 g/mol. The molecule has 7 nitrogen and oxygen atoms in total. The quantitative estimate of drug-likeness (QED) is 0.574. The van der Waals surface area contributed by atoms with E-state index in [4.69, 9.17) is 11.6 Å². The highest BCUT2D eigenvalue weighted by atomic mass is 35.5. The first-order valence-corrected chi connectivity index (χ1v) is 8.66. The number of hydrogen-bond acceptors (Lipinski definition) is 4. The summed E-state index contributed by atoms with van der Waals surface area (Å²) in [4.78, 5) is 24.8. The van der Waals surface area contributed by atoms with Gasteiger partial charge in [-0.25, -0.2) is 13.9 Å². The minimum atomic E-state index is -0.587. The molecule has 2 aromatic heterocycles. The fourth-order valence-electron chi connectivity index (χ4n) is 2.68. The van der Waals surface area contributed by atoms with E-state index in [0.717, 1.165) is 20.8 Å². The van der Waals surface area contributed by atoms with Gasteiger partial charge in [0.25, 0.3) is 0 Å². The Morgan fingerprint density at radius 3 is 2.61 bits per heavy atom. The summed E-state index contributed by atoms with van der Waals surface area (Å²) >= 11 is 5.70. The summed E-state index contributed by atoms with van der Waals surface area (Å²) in [6, 6.07) is 16.6. The summed E-state index contributed by atoms with van der Waals surface area (Å²) in [7, 11) is 0. The highest BCUT2D eigenvalue weighted by molar-refractivity contribution is 6.31. The van der Waals surface area contributed by atoms with E-state index in [-0.39, 0.29) is 11.6 Å². The van der Waals surface area contributed by atoms with Crippen LogP contribution in [0, 0.1) is 5.82 Å². The Kier molecular flexibility index (Phi) is 4.62. The van der Waals surface area contributed by atoms with E-state index in [1.54, 1.807) is 12.1 Å². The maximum absolute atomic E-state index is 13.2. The van der Waals surface area contributed by atoms with Crippen molar-refractivity contribution in [2.75, 3.05) is 5.32 Å². The Morgan fingerprint density at radius 1 is 1.07 bits per heavy atom. The zero-order valence-electron chi connectivity index (χ0n) is 14.3. The molecule has 4 rings (SSSR count). The lowest BCUT2D eigenvalue weighted by atomic mass is 10.1. The van der Waals surface area contributed by atoms with Crippen molar-refractivity contribution in [1.29, 1.82) is 0 Å². The molecule has 0 aliphatic carbocycles. The summed E-state index contributed by atoms with van der Waals surface area (Å²) in [5.74, 6) is -1.09. The number of aromatic nitrogens is 4. The van der Waals surface area contributed by atoms with Gasteiger partial charge in [0.1, 0.15) is 12.4 Å².